The summed E-state index contributed by atoms with van der Waals surface area (Å²) in [6.45, 7) is 0.395. The van der Waals surface area contributed by atoms with Crippen LogP contribution in [0.3, 0.4) is 0 Å². The summed E-state index contributed by atoms with van der Waals surface area (Å²) in [5.41, 5.74) is -0.403. The first-order chi connectivity index (χ1) is 8.04. The Morgan fingerprint density at radius 3 is 2.71 bits per heavy atom. The van der Waals surface area contributed by atoms with Crippen molar-refractivity contribution in [3.63, 3.8) is 0 Å². The Morgan fingerprint density at radius 1 is 1.47 bits per heavy atom. The second kappa shape index (κ2) is 5.83. The Balaban J connectivity index is 2.64. The molecule has 6 heteroatoms. The summed E-state index contributed by atoms with van der Waals surface area (Å²) in [4.78, 5) is 33.0. The number of aryl methyl sites for hydroxylation is 1. The van der Waals surface area contributed by atoms with Crippen LogP contribution in [0.5, 0.6) is 0 Å². The van der Waals surface area contributed by atoms with Gasteiger partial charge in [0, 0.05) is 32.3 Å². The normalized spacial score (nSPS) is 9.94. The third kappa shape index (κ3) is 3.75. The molecule has 0 radical (unpaired) electrons. The number of rotatable bonds is 5. The number of carboxylic acid groups (broad SMARTS) is 1. The first kappa shape index (κ1) is 13.0. The van der Waals surface area contributed by atoms with Crippen LogP contribution in [-0.4, -0.2) is 28.6 Å². The van der Waals surface area contributed by atoms with Crippen LogP contribution in [0.4, 0.5) is 0 Å². The Kier molecular flexibility index (Phi) is 4.45. The van der Waals surface area contributed by atoms with E-state index in [0.717, 1.165) is 6.07 Å². The van der Waals surface area contributed by atoms with E-state index in [9.17, 15) is 14.4 Å². The van der Waals surface area contributed by atoms with E-state index in [1.165, 1.54) is 16.8 Å². The average Bonchev–Trinajstić information content (AvgIpc) is 2.30. The molecule has 17 heavy (non-hydrogen) atoms. The van der Waals surface area contributed by atoms with Gasteiger partial charge in [0.05, 0.1) is 5.56 Å². The van der Waals surface area contributed by atoms with Gasteiger partial charge in [0.2, 0.25) is 5.91 Å². The zero-order valence-electron chi connectivity index (χ0n) is 9.47. The highest BCUT2D eigenvalue weighted by atomic mass is 16.4. The highest BCUT2D eigenvalue weighted by Crippen LogP contribution is 1.97. The van der Waals surface area contributed by atoms with E-state index in [0.29, 0.717) is 19.4 Å². The molecule has 0 unspecified atom stereocenters. The van der Waals surface area contributed by atoms with Crippen molar-refractivity contribution >= 4 is 11.9 Å². The summed E-state index contributed by atoms with van der Waals surface area (Å²) in [7, 11) is 1.55. The largest absolute Gasteiger partial charge is 0.478 e. The van der Waals surface area contributed by atoms with Gasteiger partial charge in [-0.1, -0.05) is 0 Å². The molecule has 1 heterocycles. The molecule has 2 N–H and O–H groups in total. The zero-order valence-corrected chi connectivity index (χ0v) is 9.47. The van der Waals surface area contributed by atoms with Crippen LogP contribution in [0.15, 0.2) is 23.1 Å². The van der Waals surface area contributed by atoms with Gasteiger partial charge < -0.3 is 15.0 Å². The number of carbonyl (C=O) groups excluding carboxylic acids is 1. The molecular weight excluding hydrogens is 224 g/mol. The molecule has 0 aliphatic rings. The maximum atomic E-state index is 11.5. The molecule has 0 saturated carbocycles. The molecule has 6 nitrogen and oxygen atoms in total. The number of aromatic nitrogens is 1. The van der Waals surface area contributed by atoms with Crippen molar-refractivity contribution in [2.45, 2.75) is 19.4 Å². The summed E-state index contributed by atoms with van der Waals surface area (Å²) < 4.78 is 1.38. The number of nitrogens with one attached hydrogen (secondary N) is 1. The molecule has 0 atom stereocenters. The molecule has 1 aromatic rings. The van der Waals surface area contributed by atoms with Crippen LogP contribution in [0, 0.1) is 0 Å². The summed E-state index contributed by atoms with van der Waals surface area (Å²) in [6, 6.07) is 2.44. The molecule has 0 saturated heterocycles. The average molecular weight is 238 g/mol. The van der Waals surface area contributed by atoms with Gasteiger partial charge >= 0.3 is 5.97 Å². The monoisotopic (exact) mass is 238 g/mol. The minimum Gasteiger partial charge on any atom is -0.478 e. The summed E-state index contributed by atoms with van der Waals surface area (Å²) in [6.07, 6.45) is 2.30. The maximum Gasteiger partial charge on any atom is 0.335 e. The van der Waals surface area contributed by atoms with E-state index < -0.39 is 5.97 Å². The summed E-state index contributed by atoms with van der Waals surface area (Å²) >= 11 is 0. The van der Waals surface area contributed by atoms with Gasteiger partial charge in [0.1, 0.15) is 0 Å². The lowest BCUT2D eigenvalue weighted by molar-refractivity contribution is -0.120. The van der Waals surface area contributed by atoms with E-state index in [1.54, 1.807) is 7.05 Å². The highest BCUT2D eigenvalue weighted by Gasteiger charge is 2.05. The van der Waals surface area contributed by atoms with Crippen molar-refractivity contribution in [2.75, 3.05) is 7.05 Å². The molecule has 0 fully saturated rings. The minimum absolute atomic E-state index is 0.0300. The second-order valence-corrected chi connectivity index (χ2v) is 3.53. The number of pyridine rings is 1. The van der Waals surface area contributed by atoms with Crippen molar-refractivity contribution in [1.82, 2.24) is 9.88 Å². The molecule has 92 valence electrons. The Labute approximate surface area is 97.9 Å². The lowest BCUT2D eigenvalue weighted by atomic mass is 10.2. The second-order valence-electron chi connectivity index (χ2n) is 3.53. The smallest absolute Gasteiger partial charge is 0.335 e. The predicted molar refractivity (Wildman–Crippen MR) is 61.0 cm³/mol. The van der Waals surface area contributed by atoms with E-state index in [2.05, 4.69) is 5.32 Å². The first-order valence-corrected chi connectivity index (χ1v) is 5.19. The Bertz CT molecular complexity index is 479. The quantitative estimate of drug-likeness (QED) is 0.760. The summed E-state index contributed by atoms with van der Waals surface area (Å²) in [5.74, 6) is -1.21. The molecule has 1 aromatic heterocycles. The van der Waals surface area contributed by atoms with Crippen molar-refractivity contribution in [3.05, 3.63) is 34.2 Å². The first-order valence-electron chi connectivity index (χ1n) is 5.19. The van der Waals surface area contributed by atoms with E-state index in [1.807, 2.05) is 0 Å². The fraction of sp³-hybridized carbons (Fsp3) is 0.364. The summed E-state index contributed by atoms with van der Waals surface area (Å²) in [5, 5.41) is 11.2. The molecule has 0 aliphatic carbocycles. The SMILES string of the molecule is CNC(=O)CCCn1ccc(C(=O)O)cc1=O. The van der Waals surface area contributed by atoms with Gasteiger partial charge in [0.15, 0.2) is 0 Å². The van der Waals surface area contributed by atoms with Gasteiger partial charge in [0.25, 0.3) is 5.56 Å². The van der Waals surface area contributed by atoms with Crippen molar-refractivity contribution in [2.24, 2.45) is 0 Å². The zero-order chi connectivity index (χ0) is 12.8. The van der Waals surface area contributed by atoms with Crippen LogP contribution in [0.2, 0.25) is 0 Å². The molecule has 0 aromatic carbocycles. The van der Waals surface area contributed by atoms with Gasteiger partial charge in [-0.05, 0) is 12.5 Å². The molecule has 0 aliphatic heterocycles. The van der Waals surface area contributed by atoms with Gasteiger partial charge in [-0.2, -0.15) is 0 Å². The fourth-order valence-electron chi connectivity index (χ4n) is 1.36. The number of aromatic carboxylic acids is 1. The molecule has 1 rings (SSSR count). The number of hydrogen-bond acceptors (Lipinski definition) is 3. The van der Waals surface area contributed by atoms with Gasteiger partial charge in [-0.15, -0.1) is 0 Å². The number of carboxylic acids is 1. The number of hydrogen-bond donors (Lipinski definition) is 2. The minimum atomic E-state index is -1.13. The lowest BCUT2D eigenvalue weighted by Crippen LogP contribution is -2.22. The fourth-order valence-corrected chi connectivity index (χ4v) is 1.36. The van der Waals surface area contributed by atoms with Crippen LogP contribution in [0.25, 0.3) is 0 Å². The lowest BCUT2D eigenvalue weighted by Gasteiger charge is -2.05. The Hall–Kier alpha value is -2.11. The maximum absolute atomic E-state index is 11.5. The van der Waals surface area contributed by atoms with Gasteiger partial charge in [-0.25, -0.2) is 4.79 Å². The Morgan fingerprint density at radius 2 is 2.18 bits per heavy atom. The van der Waals surface area contributed by atoms with Crippen molar-refractivity contribution in [3.8, 4) is 0 Å². The van der Waals surface area contributed by atoms with Crippen molar-refractivity contribution in [1.29, 1.82) is 0 Å². The van der Waals surface area contributed by atoms with Crippen LogP contribution >= 0.6 is 0 Å². The molecular formula is C11H14N2O4. The third-order valence-electron chi connectivity index (χ3n) is 2.32. The predicted octanol–water partition coefficient (Wildman–Crippen LogP) is 0.0727. The van der Waals surface area contributed by atoms with Crippen LogP contribution in [-0.2, 0) is 11.3 Å². The number of amides is 1. The van der Waals surface area contributed by atoms with Gasteiger partial charge in [-0.3, -0.25) is 9.59 Å². The number of nitrogens with zero attached hydrogens (tertiary/aromatic N) is 1. The van der Waals surface area contributed by atoms with Crippen LogP contribution < -0.4 is 10.9 Å². The van der Waals surface area contributed by atoms with E-state index >= 15 is 0 Å². The standard InChI is InChI=1S/C11H14N2O4/c1-12-9(14)3-2-5-13-6-4-8(11(16)17)7-10(13)15/h4,6-7H,2-3,5H2,1H3,(H,12,14)(H,16,17). The van der Waals surface area contributed by atoms with Crippen LogP contribution in [0.1, 0.15) is 23.2 Å². The highest BCUT2D eigenvalue weighted by molar-refractivity contribution is 5.87. The van der Waals surface area contributed by atoms with Crippen molar-refractivity contribution < 1.29 is 14.7 Å². The molecule has 0 spiro atoms. The topological polar surface area (TPSA) is 88.4 Å². The molecule has 0 bridgehead atoms. The third-order valence-corrected chi connectivity index (χ3v) is 2.32. The van der Waals surface area contributed by atoms with E-state index in [-0.39, 0.29) is 17.0 Å². The molecule has 1 amide bonds. The number of carbonyl (C=O) groups is 2. The van der Waals surface area contributed by atoms with E-state index in [4.69, 9.17) is 5.11 Å².